The number of hydrogen-bond donors (Lipinski definition) is 2. The van der Waals surface area contributed by atoms with Crippen LogP contribution in [0.5, 0.6) is 0 Å². The number of rotatable bonds is 15. The number of anilines is 2. The second-order valence-corrected chi connectivity index (χ2v) is 15.5. The lowest BCUT2D eigenvalue weighted by molar-refractivity contribution is 0.0229. The molecule has 0 atom stereocenters. The Hall–Kier alpha value is -5.38. The van der Waals surface area contributed by atoms with E-state index in [4.69, 9.17) is 19.0 Å². The quantitative estimate of drug-likeness (QED) is 0.113. The molecule has 3 heterocycles. The van der Waals surface area contributed by atoms with Gasteiger partial charge in [-0.2, -0.15) is 5.10 Å². The summed E-state index contributed by atoms with van der Waals surface area (Å²) in [6.45, 7) is 11.9. The first kappa shape index (κ1) is 40.8. The summed E-state index contributed by atoms with van der Waals surface area (Å²) in [6, 6.07) is 10.1. The number of carbonyl (C=O) groups is 3. The number of aliphatic hydroxyl groups is 1. The molecule has 1 aliphatic carbocycles. The molecule has 1 saturated carbocycles. The van der Waals surface area contributed by atoms with Gasteiger partial charge in [0.2, 0.25) is 5.89 Å². The number of ether oxygens (including phenoxy) is 2. The molecule has 0 saturated heterocycles. The molecule has 2 N–H and O–H groups in total. The van der Waals surface area contributed by atoms with Crippen LogP contribution in [0, 0.1) is 5.92 Å². The Kier molecular flexibility index (Phi) is 12.9. The van der Waals surface area contributed by atoms with Gasteiger partial charge in [0.1, 0.15) is 23.3 Å². The molecule has 1 fully saturated rings. The summed E-state index contributed by atoms with van der Waals surface area (Å²) in [4.78, 5) is 50.9. The van der Waals surface area contributed by atoms with E-state index in [-0.39, 0.29) is 30.4 Å². The van der Waals surface area contributed by atoms with Crippen molar-refractivity contribution in [2.45, 2.75) is 97.8 Å². The number of hydrogen-bond acceptors (Lipinski definition) is 10. The second kappa shape index (κ2) is 17.4. The van der Waals surface area contributed by atoms with E-state index in [2.05, 4.69) is 20.4 Å². The Labute approximate surface area is 318 Å². The van der Waals surface area contributed by atoms with E-state index in [1.165, 1.54) is 22.0 Å². The second-order valence-electron chi connectivity index (χ2n) is 15.5. The van der Waals surface area contributed by atoms with Crippen molar-refractivity contribution >= 4 is 29.6 Å². The minimum Gasteiger partial charge on any atom is -0.444 e. The number of carbonyl (C=O) groups excluding carboxylic acids is 3. The fourth-order valence-corrected chi connectivity index (χ4v) is 5.44. The Morgan fingerprint density at radius 2 is 1.69 bits per heavy atom. The van der Waals surface area contributed by atoms with Crippen molar-refractivity contribution in [3.8, 4) is 17.1 Å². The minimum absolute atomic E-state index is 0.0598. The molecule has 4 aromatic rings. The van der Waals surface area contributed by atoms with Gasteiger partial charge in [0, 0.05) is 38.0 Å². The Balaban J connectivity index is 1.29. The number of benzene rings is 1. The Bertz CT molecular complexity index is 1930. The summed E-state index contributed by atoms with van der Waals surface area (Å²) in [5.41, 5.74) is -0.758. The SMILES string of the molecule is CC(C)(C)OC(=O)N(CCCCCO)Cc1ccc(-n2cc(NC(=O)c3coc(-c4ccnc(N(CC5CC5)C(=O)OC(C)(C)C)c4)n3)c(C(F)F)n2)cc1. The zero-order chi connectivity index (χ0) is 39.9. The summed E-state index contributed by atoms with van der Waals surface area (Å²) in [5, 5.41) is 15.6. The average molecular weight is 766 g/mol. The smallest absolute Gasteiger partial charge is 0.416 e. The fourth-order valence-electron chi connectivity index (χ4n) is 5.44. The molecule has 0 bridgehead atoms. The van der Waals surface area contributed by atoms with E-state index in [9.17, 15) is 23.2 Å². The third kappa shape index (κ3) is 11.8. The normalized spacial score (nSPS) is 13.1. The maximum absolute atomic E-state index is 14.2. The van der Waals surface area contributed by atoms with Crippen molar-refractivity contribution in [2.75, 3.05) is 29.9 Å². The number of aliphatic hydroxyl groups excluding tert-OH is 1. The molecule has 1 aliphatic rings. The van der Waals surface area contributed by atoms with Crippen molar-refractivity contribution in [3.63, 3.8) is 0 Å². The van der Waals surface area contributed by atoms with Crippen LogP contribution < -0.4 is 10.2 Å². The molecule has 0 aliphatic heterocycles. The summed E-state index contributed by atoms with van der Waals surface area (Å²) in [5.74, 6) is -0.0623. The van der Waals surface area contributed by atoms with Gasteiger partial charge in [-0.3, -0.25) is 9.69 Å². The van der Waals surface area contributed by atoms with E-state index >= 15 is 0 Å². The predicted molar refractivity (Wildman–Crippen MR) is 200 cm³/mol. The lowest BCUT2D eigenvalue weighted by Crippen LogP contribution is -2.38. The van der Waals surface area contributed by atoms with Gasteiger partial charge in [-0.15, -0.1) is 0 Å². The molecule has 5 rings (SSSR count). The van der Waals surface area contributed by atoms with Gasteiger partial charge in [-0.25, -0.2) is 33.0 Å². The number of amides is 3. The molecule has 296 valence electrons. The Morgan fingerprint density at radius 1 is 1.00 bits per heavy atom. The molecular formula is C39H49F2N7O7. The van der Waals surface area contributed by atoms with Crippen LogP contribution in [-0.4, -0.2) is 78.7 Å². The number of unbranched alkanes of at least 4 members (excludes halogenated alkanes) is 2. The van der Waals surface area contributed by atoms with Gasteiger partial charge in [0.15, 0.2) is 11.4 Å². The van der Waals surface area contributed by atoms with Crippen LogP contribution in [0.15, 0.2) is 59.5 Å². The van der Waals surface area contributed by atoms with Crippen LogP contribution in [-0.2, 0) is 16.0 Å². The van der Waals surface area contributed by atoms with Crippen LogP contribution in [0.25, 0.3) is 17.1 Å². The van der Waals surface area contributed by atoms with Gasteiger partial charge in [-0.1, -0.05) is 12.1 Å². The number of nitrogens with zero attached hydrogens (tertiary/aromatic N) is 6. The third-order valence-corrected chi connectivity index (χ3v) is 8.27. The van der Waals surface area contributed by atoms with Crippen molar-refractivity contribution < 1.29 is 42.2 Å². The number of aromatic nitrogens is 4. The first-order valence-corrected chi connectivity index (χ1v) is 18.3. The molecule has 3 aromatic heterocycles. The van der Waals surface area contributed by atoms with E-state index in [0.29, 0.717) is 48.9 Å². The number of alkyl halides is 2. The maximum Gasteiger partial charge on any atom is 0.416 e. The van der Waals surface area contributed by atoms with E-state index in [0.717, 1.165) is 31.1 Å². The molecule has 14 nitrogen and oxygen atoms in total. The van der Waals surface area contributed by atoms with Crippen LogP contribution in [0.3, 0.4) is 0 Å². The lowest BCUT2D eigenvalue weighted by atomic mass is 10.1. The lowest BCUT2D eigenvalue weighted by Gasteiger charge is -2.27. The summed E-state index contributed by atoms with van der Waals surface area (Å²) in [7, 11) is 0. The van der Waals surface area contributed by atoms with Crippen molar-refractivity contribution in [3.05, 3.63) is 72.0 Å². The van der Waals surface area contributed by atoms with Crippen molar-refractivity contribution in [1.29, 1.82) is 0 Å². The highest BCUT2D eigenvalue weighted by Crippen LogP contribution is 2.33. The molecular weight excluding hydrogens is 716 g/mol. The highest BCUT2D eigenvalue weighted by Gasteiger charge is 2.32. The number of halogens is 2. The summed E-state index contributed by atoms with van der Waals surface area (Å²) in [6.07, 6.45) is 3.95. The highest BCUT2D eigenvalue weighted by atomic mass is 19.3. The molecule has 0 radical (unpaired) electrons. The van der Waals surface area contributed by atoms with Crippen LogP contribution in [0.2, 0.25) is 0 Å². The van der Waals surface area contributed by atoms with Gasteiger partial charge < -0.3 is 29.2 Å². The zero-order valence-corrected chi connectivity index (χ0v) is 32.1. The fraction of sp³-hybridized carbons (Fsp3) is 0.487. The average Bonchev–Trinajstić information content (AvgIpc) is 3.61. The van der Waals surface area contributed by atoms with E-state index in [1.54, 1.807) is 82.8 Å². The number of oxazole rings is 1. The standard InChI is InChI=1S/C39H49F2N7O7/c1-38(2,3)54-36(51)46(18-8-7-9-19-49)21-25-12-14-28(15-13-25)48-23-29(32(45-48)33(40)41)43-34(50)30-24-53-35(44-30)27-16-17-42-31(20-27)47(22-26-10-11-26)37(52)55-39(4,5)6/h12-17,20,23-24,26,33,49H,7-11,18-19,21-22H2,1-6H3,(H,43,50). The minimum atomic E-state index is -3.00. The Morgan fingerprint density at radius 3 is 2.33 bits per heavy atom. The molecule has 3 amide bonds. The number of nitrogens with one attached hydrogen (secondary N) is 1. The third-order valence-electron chi connectivity index (χ3n) is 8.27. The van der Waals surface area contributed by atoms with Crippen LogP contribution in [0.1, 0.15) is 102 Å². The molecule has 1 aromatic carbocycles. The predicted octanol–water partition coefficient (Wildman–Crippen LogP) is 8.16. The van der Waals surface area contributed by atoms with Crippen LogP contribution in [0.4, 0.5) is 29.9 Å². The van der Waals surface area contributed by atoms with Crippen molar-refractivity contribution in [2.24, 2.45) is 5.92 Å². The van der Waals surface area contributed by atoms with Crippen LogP contribution >= 0.6 is 0 Å². The highest BCUT2D eigenvalue weighted by molar-refractivity contribution is 6.03. The monoisotopic (exact) mass is 765 g/mol. The van der Waals surface area contributed by atoms with E-state index in [1.807, 2.05) is 0 Å². The van der Waals surface area contributed by atoms with E-state index < -0.39 is 41.4 Å². The molecule has 0 unspecified atom stereocenters. The molecule has 55 heavy (non-hydrogen) atoms. The first-order valence-electron chi connectivity index (χ1n) is 18.3. The molecule has 16 heteroatoms. The summed E-state index contributed by atoms with van der Waals surface area (Å²) < 4.78 is 46.3. The van der Waals surface area contributed by atoms with Gasteiger partial charge in [0.25, 0.3) is 12.3 Å². The summed E-state index contributed by atoms with van der Waals surface area (Å²) >= 11 is 0. The van der Waals surface area contributed by atoms with Gasteiger partial charge >= 0.3 is 12.2 Å². The first-order chi connectivity index (χ1) is 26.0. The van der Waals surface area contributed by atoms with Gasteiger partial charge in [0.05, 0.1) is 17.6 Å². The largest absolute Gasteiger partial charge is 0.444 e. The molecule has 0 spiro atoms. The topological polar surface area (TPSA) is 165 Å². The van der Waals surface area contributed by atoms with Crippen molar-refractivity contribution in [1.82, 2.24) is 24.6 Å². The van der Waals surface area contributed by atoms with Gasteiger partial charge in [-0.05, 0) is 109 Å². The number of pyridine rings is 1. The maximum atomic E-state index is 14.2. The zero-order valence-electron chi connectivity index (χ0n) is 32.1.